The Kier molecular flexibility index (Phi) is 12.0. The molecule has 0 radical (unpaired) electrons. The molecule has 3 atom stereocenters. The van der Waals surface area contributed by atoms with E-state index in [1.165, 1.54) is 16.9 Å². The van der Waals surface area contributed by atoms with Crippen LogP contribution >= 0.6 is 0 Å². The number of anilines is 2. The van der Waals surface area contributed by atoms with Crippen molar-refractivity contribution in [2.75, 3.05) is 62.8 Å². The van der Waals surface area contributed by atoms with Crippen LogP contribution in [0.2, 0.25) is 0 Å². The molecule has 20 heteroatoms. The highest BCUT2D eigenvalue weighted by molar-refractivity contribution is 6.08. The average Bonchev–Trinajstić information content (AvgIpc) is 3.98. The van der Waals surface area contributed by atoms with Crippen molar-refractivity contribution in [2.45, 2.75) is 87.8 Å². The Morgan fingerprint density at radius 2 is 1.88 bits per heavy atom. The lowest BCUT2D eigenvalue weighted by Crippen LogP contribution is -2.56. The lowest BCUT2D eigenvalue weighted by Gasteiger charge is -2.42. The van der Waals surface area contributed by atoms with Gasteiger partial charge in [-0.25, -0.2) is 22.7 Å². The summed E-state index contributed by atoms with van der Waals surface area (Å²) in [6.07, 6.45) is 4.39. The van der Waals surface area contributed by atoms with Crippen LogP contribution in [0, 0.1) is 17.8 Å². The minimum absolute atomic E-state index is 0.0539. The van der Waals surface area contributed by atoms with Crippen LogP contribution in [0.15, 0.2) is 42.9 Å². The number of carbonyl (C=O) groups excluding carboxylic acids is 3. The third kappa shape index (κ3) is 8.94. The number of imide groups is 1. The molecule has 342 valence electrons. The average molecular weight is 898 g/mol. The van der Waals surface area contributed by atoms with Gasteiger partial charge in [-0.05, 0) is 56.6 Å². The van der Waals surface area contributed by atoms with E-state index in [1.807, 2.05) is 29.2 Å². The maximum absolute atomic E-state index is 15.5. The first-order chi connectivity index (χ1) is 31.5. The Balaban J connectivity index is 0.695. The van der Waals surface area contributed by atoms with Crippen LogP contribution in [0.5, 0.6) is 0 Å². The normalized spacial score (nSPS) is 24.5. The Morgan fingerprint density at radius 1 is 1.05 bits per heavy atom. The smallest absolute Gasteiger partial charge is 0.284 e. The fraction of sp³-hybridized carbons (Fsp3) is 0.533. The molecular formula is C45H50F3N11O6. The third-order valence-electron chi connectivity index (χ3n) is 13.3. The summed E-state index contributed by atoms with van der Waals surface area (Å²) in [5, 5.41) is 19.0. The fourth-order valence-corrected chi connectivity index (χ4v) is 9.73. The van der Waals surface area contributed by atoms with E-state index >= 15 is 4.39 Å². The first kappa shape index (κ1) is 43.0. The summed E-state index contributed by atoms with van der Waals surface area (Å²) in [5.74, 6) is 5.40. The molecule has 5 aliphatic rings. The number of rotatable bonds is 12. The van der Waals surface area contributed by atoms with E-state index in [-0.39, 0.29) is 60.9 Å². The van der Waals surface area contributed by atoms with Crippen molar-refractivity contribution in [3.63, 3.8) is 0 Å². The highest BCUT2D eigenvalue weighted by atomic mass is 19.3. The Labute approximate surface area is 371 Å². The van der Waals surface area contributed by atoms with Crippen molar-refractivity contribution in [1.82, 2.24) is 44.4 Å². The summed E-state index contributed by atoms with van der Waals surface area (Å²) in [7, 11) is 1.79. The number of aromatic nitrogens is 7. The molecule has 5 fully saturated rings. The number of hydrogen-bond donors (Lipinski definition) is 2. The summed E-state index contributed by atoms with van der Waals surface area (Å²) >= 11 is 0. The van der Waals surface area contributed by atoms with Crippen molar-refractivity contribution in [1.29, 1.82) is 0 Å². The number of benzene rings is 1. The lowest BCUT2D eigenvalue weighted by molar-refractivity contribution is -0.158. The number of alkyl halides is 3. The number of aryl methyl sites for hydroxylation is 1. The number of halogens is 3. The van der Waals surface area contributed by atoms with Crippen LogP contribution in [0.25, 0.3) is 16.6 Å². The molecule has 0 bridgehead atoms. The predicted molar refractivity (Wildman–Crippen MR) is 229 cm³/mol. The van der Waals surface area contributed by atoms with Gasteiger partial charge in [0.2, 0.25) is 11.8 Å². The molecule has 17 nitrogen and oxygen atoms in total. The third-order valence-corrected chi connectivity index (χ3v) is 13.3. The molecule has 0 spiro atoms. The number of likely N-dealkylation sites (tertiary alicyclic amines) is 1. The van der Waals surface area contributed by atoms with Gasteiger partial charge in [0, 0.05) is 64.0 Å². The number of piperidine rings is 2. The molecule has 8 heterocycles. The maximum Gasteiger partial charge on any atom is 0.284 e. The molecule has 1 saturated carbocycles. The second-order valence-corrected chi connectivity index (χ2v) is 17.7. The van der Waals surface area contributed by atoms with E-state index in [0.29, 0.717) is 87.2 Å². The molecule has 10 rings (SSSR count). The largest absolute Gasteiger partial charge is 0.376 e. The van der Waals surface area contributed by atoms with Crippen molar-refractivity contribution in [2.24, 2.45) is 13.0 Å². The minimum atomic E-state index is -2.90. The molecule has 5 aromatic rings. The fourth-order valence-electron chi connectivity index (χ4n) is 9.73. The van der Waals surface area contributed by atoms with Crippen LogP contribution in [0.4, 0.5) is 24.7 Å². The van der Waals surface area contributed by atoms with Gasteiger partial charge in [-0.2, -0.15) is 15.3 Å². The van der Waals surface area contributed by atoms with E-state index in [1.54, 1.807) is 22.6 Å². The van der Waals surface area contributed by atoms with Gasteiger partial charge in [-0.1, -0.05) is 24.0 Å². The van der Waals surface area contributed by atoms with E-state index < -0.39 is 36.2 Å². The molecule has 4 saturated heterocycles. The number of hydrogen-bond acceptors (Lipinski definition) is 12. The second kappa shape index (κ2) is 18.2. The van der Waals surface area contributed by atoms with E-state index in [2.05, 4.69) is 47.7 Å². The number of nitrogens with one attached hydrogen (secondary N) is 2. The zero-order valence-electron chi connectivity index (χ0n) is 35.9. The highest BCUT2D eigenvalue weighted by Crippen LogP contribution is 2.36. The van der Waals surface area contributed by atoms with Gasteiger partial charge in [-0.15, -0.1) is 0 Å². The lowest BCUT2D eigenvalue weighted by atomic mass is 9.85. The molecule has 2 N–H and O–H groups in total. The molecule has 3 amide bonds. The van der Waals surface area contributed by atoms with Crippen LogP contribution in [-0.4, -0.2) is 134 Å². The number of fused-ring (bicyclic) bond motifs is 2. The van der Waals surface area contributed by atoms with Gasteiger partial charge in [0.25, 0.3) is 12.3 Å². The highest BCUT2D eigenvalue weighted by Gasteiger charge is 2.36. The number of ether oxygens (including phenoxy) is 3. The van der Waals surface area contributed by atoms with Gasteiger partial charge in [0.1, 0.15) is 30.3 Å². The van der Waals surface area contributed by atoms with E-state index in [9.17, 15) is 23.2 Å². The molecule has 4 aliphatic heterocycles. The standard InChI is InChI=1S/C45H50F3N11O6/c1-55-41-27(4-2-6-31(41)39(53-55)32-11-12-38(60)52-44(32)61)5-3-17-64-36-13-15-56(22-34(36)46)19-26-7-9-28(10-8-26)59-23-35(40(54-59)42(47)48)50-45(62)33-18-49-58-16-14-37(51-43(33)58)57-20-29(21-57)65-30-24-63-25-30/h2,4,6,14,16,18,23,26,28-30,32,34,36,42H,7-13,15,17,19-22,24-25H2,1H3,(H,50,62)(H,52,60,61)/t26?,28?,32?,34-,36+/m0/s1. The second-order valence-electron chi connectivity index (χ2n) is 17.7. The maximum atomic E-state index is 15.5. The summed E-state index contributed by atoms with van der Waals surface area (Å²) in [5.41, 5.74) is 2.01. The zero-order valence-corrected chi connectivity index (χ0v) is 35.9. The molecular weight excluding hydrogens is 848 g/mol. The first-order valence-corrected chi connectivity index (χ1v) is 22.3. The van der Waals surface area contributed by atoms with Crippen molar-refractivity contribution < 1.29 is 41.8 Å². The number of carbonyl (C=O) groups is 3. The van der Waals surface area contributed by atoms with Crippen LogP contribution in [0.1, 0.15) is 90.6 Å². The Hall–Kier alpha value is -5.88. The predicted octanol–water partition coefficient (Wildman–Crippen LogP) is 4.34. The quantitative estimate of drug-likeness (QED) is 0.134. The van der Waals surface area contributed by atoms with Gasteiger partial charge in [0.15, 0.2) is 11.3 Å². The van der Waals surface area contributed by atoms with Crippen molar-refractivity contribution in [3.05, 3.63) is 65.4 Å². The van der Waals surface area contributed by atoms with Crippen molar-refractivity contribution in [3.8, 4) is 11.8 Å². The van der Waals surface area contributed by atoms with Crippen LogP contribution in [-0.2, 0) is 30.8 Å². The van der Waals surface area contributed by atoms with Crippen LogP contribution < -0.4 is 15.5 Å². The van der Waals surface area contributed by atoms with Gasteiger partial charge >= 0.3 is 0 Å². The molecule has 65 heavy (non-hydrogen) atoms. The number of para-hydroxylation sites is 1. The minimum Gasteiger partial charge on any atom is -0.376 e. The molecule has 1 aromatic carbocycles. The van der Waals surface area contributed by atoms with E-state index in [4.69, 9.17) is 14.2 Å². The Bertz CT molecular complexity index is 2660. The summed E-state index contributed by atoms with van der Waals surface area (Å²) in [6.45, 7) is 4.26. The molecule has 1 aliphatic carbocycles. The number of nitrogens with zero attached hydrogens (tertiary/aromatic N) is 9. The van der Waals surface area contributed by atoms with E-state index in [0.717, 1.165) is 30.3 Å². The SMILES string of the molecule is Cn1nc(C2CCC(=O)NC2=O)c2cccc(C#CCO[C@@H]3CCN(CC4CCC(n5cc(NC(=O)c6cnn7ccc(N8CC(OC9COC9)C8)nc67)c(C(F)F)n5)CC4)C[C@@H]3F)c21. The first-order valence-electron chi connectivity index (χ1n) is 22.3. The molecule has 1 unspecified atom stereocenters. The van der Waals surface area contributed by atoms with Crippen LogP contribution in [0.3, 0.4) is 0 Å². The summed E-state index contributed by atoms with van der Waals surface area (Å²) < 4.78 is 65.9. The van der Waals surface area contributed by atoms with Gasteiger partial charge < -0.3 is 24.4 Å². The van der Waals surface area contributed by atoms with Gasteiger partial charge in [-0.3, -0.25) is 34.0 Å². The zero-order chi connectivity index (χ0) is 44.8. The number of amides is 3. The Morgan fingerprint density at radius 3 is 2.63 bits per heavy atom. The summed E-state index contributed by atoms with van der Waals surface area (Å²) in [6, 6.07) is 7.30. The summed E-state index contributed by atoms with van der Waals surface area (Å²) in [4.78, 5) is 46.6. The monoisotopic (exact) mass is 897 g/mol. The molecule has 4 aromatic heterocycles. The van der Waals surface area contributed by atoms with Gasteiger partial charge in [0.05, 0.1) is 66.0 Å². The topological polar surface area (TPSA) is 175 Å². The van der Waals surface area contributed by atoms with Crippen molar-refractivity contribution >= 4 is 45.8 Å².